The highest BCUT2D eigenvalue weighted by molar-refractivity contribution is 6.31. The van der Waals surface area contributed by atoms with Crippen LogP contribution in [-0.2, 0) is 19.5 Å². The van der Waals surface area contributed by atoms with Crippen LogP contribution in [0.25, 0.3) is 0 Å². The fourth-order valence-corrected chi connectivity index (χ4v) is 4.10. The van der Waals surface area contributed by atoms with Crippen LogP contribution in [0.2, 0.25) is 5.02 Å². The second-order valence-corrected chi connectivity index (χ2v) is 8.06. The Morgan fingerprint density at radius 2 is 1.88 bits per heavy atom. The average molecular weight is 459 g/mol. The molecule has 0 fully saturated rings. The van der Waals surface area contributed by atoms with Crippen LogP contribution in [0.1, 0.15) is 45.4 Å². The van der Waals surface area contributed by atoms with Crippen LogP contribution < -0.4 is 10.1 Å². The van der Waals surface area contributed by atoms with E-state index in [0.717, 1.165) is 29.0 Å². The quantitative estimate of drug-likeness (QED) is 0.401. The van der Waals surface area contributed by atoms with Gasteiger partial charge in [-0.25, -0.2) is 9.18 Å². The molecule has 0 amide bonds. The number of carboxylic acid groups (broad SMARTS) is 1. The molecule has 1 aromatic heterocycles. The summed E-state index contributed by atoms with van der Waals surface area (Å²) in [5, 5.41) is 13.5. The summed E-state index contributed by atoms with van der Waals surface area (Å²) < 4.78 is 20.8. The monoisotopic (exact) mass is 458 g/mol. The van der Waals surface area contributed by atoms with E-state index in [1.165, 1.54) is 17.7 Å². The molecule has 0 spiro atoms. The van der Waals surface area contributed by atoms with Gasteiger partial charge >= 0.3 is 5.97 Å². The SMILES string of the molecule is CCOc1ccc(CCNCc2c(C(=O)O)c(C)n(Cc3ccc(F)cc3Cl)c2C)cc1. The topological polar surface area (TPSA) is 63.5 Å². The van der Waals surface area contributed by atoms with Gasteiger partial charge in [0.05, 0.1) is 12.2 Å². The molecule has 0 unspecified atom stereocenters. The van der Waals surface area contributed by atoms with Crippen LogP contribution in [0.15, 0.2) is 42.5 Å². The third kappa shape index (κ3) is 5.50. The van der Waals surface area contributed by atoms with E-state index in [0.29, 0.717) is 42.5 Å². The van der Waals surface area contributed by atoms with Crippen molar-refractivity contribution in [1.29, 1.82) is 0 Å². The van der Waals surface area contributed by atoms with Gasteiger partial charge in [-0.2, -0.15) is 0 Å². The lowest BCUT2D eigenvalue weighted by Crippen LogP contribution is -2.18. The summed E-state index contributed by atoms with van der Waals surface area (Å²) in [6.07, 6.45) is 0.818. The lowest BCUT2D eigenvalue weighted by molar-refractivity contribution is 0.0694. The molecule has 0 bridgehead atoms. The van der Waals surface area contributed by atoms with E-state index >= 15 is 0 Å². The Balaban J connectivity index is 1.71. The minimum atomic E-state index is -0.960. The van der Waals surface area contributed by atoms with Gasteiger partial charge in [0.15, 0.2) is 0 Å². The second-order valence-electron chi connectivity index (χ2n) is 7.66. The van der Waals surface area contributed by atoms with Gasteiger partial charge < -0.3 is 19.7 Å². The summed E-state index contributed by atoms with van der Waals surface area (Å²) in [4.78, 5) is 12.0. The lowest BCUT2D eigenvalue weighted by atomic mass is 10.1. The van der Waals surface area contributed by atoms with E-state index in [1.807, 2.05) is 42.7 Å². The van der Waals surface area contributed by atoms with E-state index < -0.39 is 11.8 Å². The Labute approximate surface area is 192 Å². The number of hydrogen-bond acceptors (Lipinski definition) is 3. The number of nitrogens with zero attached hydrogens (tertiary/aromatic N) is 1. The molecule has 2 N–H and O–H groups in total. The van der Waals surface area contributed by atoms with Crippen LogP contribution in [0.5, 0.6) is 5.75 Å². The van der Waals surface area contributed by atoms with Crippen molar-refractivity contribution in [3.8, 4) is 5.75 Å². The maximum Gasteiger partial charge on any atom is 0.337 e. The second kappa shape index (κ2) is 10.7. The first-order valence-corrected chi connectivity index (χ1v) is 11.0. The highest BCUT2D eigenvalue weighted by Gasteiger charge is 2.22. The van der Waals surface area contributed by atoms with Gasteiger partial charge in [-0.1, -0.05) is 29.8 Å². The molecule has 32 heavy (non-hydrogen) atoms. The molecule has 5 nitrogen and oxygen atoms in total. The van der Waals surface area contributed by atoms with Crippen molar-refractivity contribution in [3.05, 3.63) is 86.9 Å². The van der Waals surface area contributed by atoms with Crippen molar-refractivity contribution in [3.63, 3.8) is 0 Å². The summed E-state index contributed by atoms with van der Waals surface area (Å²) in [7, 11) is 0. The predicted molar refractivity (Wildman–Crippen MR) is 124 cm³/mol. The number of hydrogen-bond donors (Lipinski definition) is 2. The molecule has 7 heteroatoms. The van der Waals surface area contributed by atoms with E-state index in [9.17, 15) is 14.3 Å². The summed E-state index contributed by atoms with van der Waals surface area (Å²) in [5.74, 6) is -0.509. The zero-order valence-corrected chi connectivity index (χ0v) is 19.3. The molecule has 2 aromatic carbocycles. The minimum Gasteiger partial charge on any atom is -0.494 e. The largest absolute Gasteiger partial charge is 0.494 e. The maximum absolute atomic E-state index is 13.4. The lowest BCUT2D eigenvalue weighted by Gasteiger charge is -2.12. The molecule has 0 aliphatic carbocycles. The number of ether oxygens (including phenoxy) is 1. The van der Waals surface area contributed by atoms with Gasteiger partial charge in [0, 0.05) is 35.1 Å². The zero-order valence-electron chi connectivity index (χ0n) is 18.5. The number of carbonyl (C=O) groups is 1. The van der Waals surface area contributed by atoms with Crippen molar-refractivity contribution >= 4 is 17.6 Å². The third-order valence-corrected chi connectivity index (χ3v) is 5.95. The smallest absolute Gasteiger partial charge is 0.337 e. The number of carboxylic acids is 1. The van der Waals surface area contributed by atoms with Crippen molar-refractivity contribution in [2.75, 3.05) is 13.2 Å². The third-order valence-electron chi connectivity index (χ3n) is 5.59. The summed E-state index contributed by atoms with van der Waals surface area (Å²) >= 11 is 6.19. The predicted octanol–water partition coefficient (Wildman–Crippen LogP) is 5.37. The van der Waals surface area contributed by atoms with E-state index in [2.05, 4.69) is 5.32 Å². The number of halogens is 2. The van der Waals surface area contributed by atoms with Gasteiger partial charge in [-0.15, -0.1) is 0 Å². The van der Waals surface area contributed by atoms with E-state index in [-0.39, 0.29) is 0 Å². The van der Waals surface area contributed by atoms with Crippen molar-refractivity contribution in [2.45, 2.75) is 40.3 Å². The van der Waals surface area contributed by atoms with Crippen LogP contribution in [-0.4, -0.2) is 28.8 Å². The Kier molecular flexibility index (Phi) is 7.94. The fraction of sp³-hybridized carbons (Fsp3) is 0.320. The van der Waals surface area contributed by atoms with Gasteiger partial charge in [0.25, 0.3) is 0 Å². The van der Waals surface area contributed by atoms with Crippen molar-refractivity contribution < 1.29 is 19.0 Å². The van der Waals surface area contributed by atoms with Crippen LogP contribution in [0.4, 0.5) is 4.39 Å². The normalized spacial score (nSPS) is 11.0. The highest BCUT2D eigenvalue weighted by Crippen LogP contribution is 2.26. The molecule has 3 aromatic rings. The molecular formula is C25H28ClFN2O3. The number of aromatic nitrogens is 1. The Hall–Kier alpha value is -2.83. The van der Waals surface area contributed by atoms with E-state index in [4.69, 9.17) is 16.3 Å². The minimum absolute atomic E-state index is 0.300. The first-order chi connectivity index (χ1) is 15.3. The van der Waals surface area contributed by atoms with Gasteiger partial charge in [-0.05, 0) is 69.1 Å². The van der Waals surface area contributed by atoms with Gasteiger partial charge in [-0.3, -0.25) is 0 Å². The van der Waals surface area contributed by atoms with Crippen molar-refractivity contribution in [2.24, 2.45) is 0 Å². The summed E-state index contributed by atoms with van der Waals surface area (Å²) in [6.45, 7) is 7.81. The van der Waals surface area contributed by atoms with Crippen LogP contribution in [0.3, 0.4) is 0 Å². The molecule has 1 heterocycles. The van der Waals surface area contributed by atoms with E-state index in [1.54, 1.807) is 13.0 Å². The fourth-order valence-electron chi connectivity index (χ4n) is 3.87. The molecule has 0 aliphatic rings. The number of nitrogens with one attached hydrogen (secondary N) is 1. The van der Waals surface area contributed by atoms with Crippen LogP contribution >= 0.6 is 11.6 Å². The van der Waals surface area contributed by atoms with Gasteiger partial charge in [0.2, 0.25) is 0 Å². The Morgan fingerprint density at radius 3 is 2.50 bits per heavy atom. The van der Waals surface area contributed by atoms with Crippen molar-refractivity contribution in [1.82, 2.24) is 9.88 Å². The maximum atomic E-state index is 13.4. The standard InChI is InChI=1S/C25H28ClFN2O3/c1-4-32-21-9-5-18(6-10-21)11-12-28-14-22-16(2)29(17(3)24(22)25(30)31)15-19-7-8-20(27)13-23(19)26/h5-10,13,28H,4,11-12,14-15H2,1-3H3,(H,30,31). The first kappa shape index (κ1) is 23.8. The molecule has 0 saturated carbocycles. The first-order valence-electron chi connectivity index (χ1n) is 10.6. The van der Waals surface area contributed by atoms with Crippen LogP contribution in [0, 0.1) is 19.7 Å². The molecule has 0 aliphatic heterocycles. The molecule has 0 radical (unpaired) electrons. The number of benzene rings is 2. The molecular weight excluding hydrogens is 431 g/mol. The summed E-state index contributed by atoms with van der Waals surface area (Å²) in [6, 6.07) is 12.2. The highest BCUT2D eigenvalue weighted by atomic mass is 35.5. The average Bonchev–Trinajstić information content (AvgIpc) is 2.98. The Bertz CT molecular complexity index is 1090. The zero-order chi connectivity index (χ0) is 23.3. The molecule has 0 saturated heterocycles. The number of rotatable bonds is 10. The molecule has 170 valence electrons. The summed E-state index contributed by atoms with van der Waals surface area (Å²) in [5.41, 5.74) is 4.47. The van der Waals surface area contributed by atoms with Gasteiger partial charge in [0.1, 0.15) is 11.6 Å². The Morgan fingerprint density at radius 1 is 1.16 bits per heavy atom. The number of aromatic carboxylic acids is 1. The molecule has 3 rings (SSSR count). The molecule has 0 atom stereocenters.